The highest BCUT2D eigenvalue weighted by Crippen LogP contribution is 2.60. The van der Waals surface area contributed by atoms with Gasteiger partial charge in [0.1, 0.15) is 0 Å². The van der Waals surface area contributed by atoms with E-state index < -0.39 is 6.49 Å². The Labute approximate surface area is 112 Å². The molecule has 2 nitrogen and oxygen atoms in total. The van der Waals surface area contributed by atoms with Crippen molar-refractivity contribution >= 4 is 61.2 Å². The molecule has 0 radical (unpaired) electrons. The predicted molar refractivity (Wildman–Crippen MR) is 77.6 cm³/mol. The molecule has 0 aromatic heterocycles. The van der Waals surface area contributed by atoms with Crippen LogP contribution in [0.2, 0.25) is 5.02 Å². The van der Waals surface area contributed by atoms with Crippen LogP contribution in [-0.4, -0.2) is 6.16 Å². The van der Waals surface area contributed by atoms with E-state index in [1.807, 2.05) is 19.1 Å². The van der Waals surface area contributed by atoms with E-state index in [0.29, 0.717) is 11.2 Å². The summed E-state index contributed by atoms with van der Waals surface area (Å²) in [4.78, 5) is 0. The molecule has 7 heteroatoms. The molecule has 15 heavy (non-hydrogen) atoms. The molecule has 0 saturated carbocycles. The zero-order chi connectivity index (χ0) is 11.5. The smallest absolute Gasteiger partial charge is 0.233 e. The van der Waals surface area contributed by atoms with E-state index in [1.165, 1.54) is 10.4 Å². The van der Waals surface area contributed by atoms with Gasteiger partial charge in [-0.1, -0.05) is 30.8 Å². The average molecular weight is 347 g/mol. The molecule has 0 aliphatic carbocycles. The molecule has 1 atom stereocenters. The molecule has 1 rings (SSSR count). The summed E-state index contributed by atoms with van der Waals surface area (Å²) in [5.41, 5.74) is 0.821. The van der Waals surface area contributed by atoms with E-state index in [9.17, 15) is 4.57 Å². The molecule has 0 saturated heterocycles. The first-order chi connectivity index (χ1) is 7.01. The molecule has 1 aromatic rings. The summed E-state index contributed by atoms with van der Waals surface area (Å²) in [7, 11) is 1.22. The van der Waals surface area contributed by atoms with Crippen molar-refractivity contribution in [1.29, 1.82) is 0 Å². The lowest BCUT2D eigenvalue weighted by Crippen LogP contribution is -2.06. The van der Waals surface area contributed by atoms with E-state index in [1.54, 1.807) is 16.2 Å². The highest BCUT2D eigenvalue weighted by molar-refractivity contribution is 9.50. The minimum atomic E-state index is -2.62. The van der Waals surface area contributed by atoms with Crippen molar-refractivity contribution in [3.63, 3.8) is 0 Å². The van der Waals surface area contributed by atoms with E-state index in [2.05, 4.69) is 27.1 Å². The van der Waals surface area contributed by atoms with Gasteiger partial charge in [-0.2, -0.15) is 0 Å². The molecular formula is C8H10BrClNOPS2. The Morgan fingerprint density at radius 1 is 1.53 bits per heavy atom. The molecule has 0 spiro atoms. The number of thiol groups is 1. The Balaban J connectivity index is 3.03. The van der Waals surface area contributed by atoms with Crippen LogP contribution in [0.3, 0.4) is 0 Å². The maximum absolute atomic E-state index is 12.1. The van der Waals surface area contributed by atoms with Crippen molar-refractivity contribution in [2.75, 3.05) is 10.2 Å². The number of hydrogen-bond donors (Lipinski definition) is 1. The van der Waals surface area contributed by atoms with Gasteiger partial charge < -0.3 is 0 Å². The van der Waals surface area contributed by atoms with Crippen LogP contribution in [0.4, 0.5) is 5.69 Å². The number of rotatable bonds is 4. The normalized spacial score (nSPS) is 14.7. The zero-order valence-electron chi connectivity index (χ0n) is 7.93. The summed E-state index contributed by atoms with van der Waals surface area (Å²) in [6.45, 7) is -0.773. The molecule has 84 valence electrons. The molecular weight excluding hydrogens is 337 g/mol. The largest absolute Gasteiger partial charge is 0.288 e. The summed E-state index contributed by atoms with van der Waals surface area (Å²) < 4.78 is 13.8. The first kappa shape index (κ1) is 13.8. The topological polar surface area (TPSA) is 20.3 Å². The molecule has 1 unspecified atom stereocenters. The molecule has 0 aliphatic heterocycles. The lowest BCUT2D eigenvalue weighted by Gasteiger charge is -2.25. The van der Waals surface area contributed by atoms with Gasteiger partial charge in [-0.15, -0.1) is 0 Å². The van der Waals surface area contributed by atoms with Crippen molar-refractivity contribution in [3.05, 3.63) is 29.3 Å². The molecule has 0 heterocycles. The van der Waals surface area contributed by atoms with Crippen molar-refractivity contribution < 1.29 is 4.57 Å². The summed E-state index contributed by atoms with van der Waals surface area (Å²) >= 11 is 13.2. The fourth-order valence-corrected chi connectivity index (χ4v) is 6.70. The number of nitrogens with zero attached hydrogens (tertiary/aromatic N) is 1. The van der Waals surface area contributed by atoms with E-state index >= 15 is 0 Å². The maximum Gasteiger partial charge on any atom is 0.233 e. The number of hydrogen-bond acceptors (Lipinski definition) is 2. The summed E-state index contributed by atoms with van der Waals surface area (Å²) in [5.74, 6) is 0. The molecule has 1 aromatic carbocycles. The van der Waals surface area contributed by atoms with Gasteiger partial charge in [0.25, 0.3) is 0 Å². The van der Waals surface area contributed by atoms with Crippen LogP contribution in [-0.2, 0) is 4.57 Å². The Bertz CT molecular complexity index is 375. The molecule has 0 amide bonds. The number of benzene rings is 1. The van der Waals surface area contributed by atoms with Crippen LogP contribution in [0.1, 0.15) is 6.92 Å². The van der Waals surface area contributed by atoms with Crippen LogP contribution in [0.5, 0.6) is 0 Å². The van der Waals surface area contributed by atoms with Gasteiger partial charge in [0, 0.05) is 36.4 Å². The Kier molecular flexibility index (Phi) is 5.40. The van der Waals surface area contributed by atoms with Crippen LogP contribution in [0.25, 0.3) is 0 Å². The van der Waals surface area contributed by atoms with Gasteiger partial charge >= 0.3 is 0 Å². The fraction of sp³-hybridized carbons (Fsp3) is 0.250. The molecule has 0 aliphatic rings. The van der Waals surface area contributed by atoms with Crippen molar-refractivity contribution in [1.82, 2.24) is 0 Å². The third-order valence-electron chi connectivity index (χ3n) is 1.81. The Morgan fingerprint density at radius 2 is 2.07 bits per heavy atom. The maximum atomic E-state index is 12.1. The van der Waals surface area contributed by atoms with E-state index in [-0.39, 0.29) is 0 Å². The SMILES string of the molecule is CCP(=O)(S)N(SBr)c1ccc(Cl)cc1. The standard InChI is InChI=1S/C8H10BrClNOPS2/c1-2-13(12,14)11(15-9)8-5-3-7(10)4-6-8/h3-6H,2H2,1H3,(H,12,14). The van der Waals surface area contributed by atoms with Gasteiger partial charge in [0.2, 0.25) is 6.49 Å². The molecule has 0 bridgehead atoms. The van der Waals surface area contributed by atoms with Crippen molar-refractivity contribution in [3.8, 4) is 0 Å². The van der Waals surface area contributed by atoms with Gasteiger partial charge in [0.05, 0.1) is 5.69 Å². The van der Waals surface area contributed by atoms with Gasteiger partial charge in [0.15, 0.2) is 0 Å². The second-order valence-electron chi connectivity index (χ2n) is 2.80. The first-order valence-corrected chi connectivity index (χ1v) is 10.2. The monoisotopic (exact) mass is 345 g/mol. The second-order valence-corrected chi connectivity index (χ2v) is 9.12. The van der Waals surface area contributed by atoms with Gasteiger partial charge in [-0.25, -0.2) is 4.08 Å². The third kappa shape index (κ3) is 3.60. The average Bonchev–Trinajstić information content (AvgIpc) is 2.22. The quantitative estimate of drug-likeness (QED) is 0.457. The minimum Gasteiger partial charge on any atom is -0.288 e. The summed E-state index contributed by atoms with van der Waals surface area (Å²) in [5, 5.41) is 0.656. The molecule has 0 fully saturated rings. The lowest BCUT2D eigenvalue weighted by molar-refractivity contribution is 0.587. The molecule has 0 N–H and O–H groups in total. The van der Waals surface area contributed by atoms with Crippen LogP contribution >= 0.6 is 55.5 Å². The Morgan fingerprint density at radius 3 is 2.47 bits per heavy atom. The number of halogens is 2. The van der Waals surface area contributed by atoms with Crippen molar-refractivity contribution in [2.24, 2.45) is 0 Å². The minimum absolute atomic E-state index is 0.497. The van der Waals surface area contributed by atoms with Gasteiger partial charge in [-0.3, -0.25) is 4.57 Å². The third-order valence-corrected chi connectivity index (χ3v) is 8.35. The first-order valence-electron chi connectivity index (χ1n) is 4.18. The van der Waals surface area contributed by atoms with E-state index in [0.717, 1.165) is 5.69 Å². The summed E-state index contributed by atoms with van der Waals surface area (Å²) in [6, 6.07) is 7.15. The van der Waals surface area contributed by atoms with Crippen LogP contribution in [0, 0.1) is 0 Å². The van der Waals surface area contributed by atoms with E-state index in [4.69, 9.17) is 11.6 Å². The fourth-order valence-electron chi connectivity index (χ4n) is 0.966. The van der Waals surface area contributed by atoms with Crippen LogP contribution in [0.15, 0.2) is 24.3 Å². The lowest BCUT2D eigenvalue weighted by atomic mass is 10.3. The summed E-state index contributed by atoms with van der Waals surface area (Å²) in [6.07, 6.45) is 0.497. The number of anilines is 1. The predicted octanol–water partition coefficient (Wildman–Crippen LogP) is 5.25. The van der Waals surface area contributed by atoms with Crippen molar-refractivity contribution in [2.45, 2.75) is 6.92 Å². The Hall–Kier alpha value is 0.720. The van der Waals surface area contributed by atoms with Crippen LogP contribution < -0.4 is 4.08 Å². The highest BCUT2D eigenvalue weighted by Gasteiger charge is 2.24. The second kappa shape index (κ2) is 5.87. The highest BCUT2D eigenvalue weighted by atomic mass is 79.9. The zero-order valence-corrected chi connectivity index (χ0v) is 12.9. The van der Waals surface area contributed by atoms with Gasteiger partial charge in [-0.05, 0) is 24.3 Å².